The average Bonchev–Trinajstić information content (AvgIpc) is 2.97. The molecule has 1 atom stereocenters. The Kier molecular flexibility index (Phi) is 3.78. The number of thioether (sulfide) groups is 1. The van der Waals surface area contributed by atoms with E-state index in [4.69, 9.17) is 4.98 Å². The second kappa shape index (κ2) is 5.35. The first-order valence-electron chi connectivity index (χ1n) is 6.09. The molecule has 94 valence electrons. The fourth-order valence-corrected chi connectivity index (χ4v) is 5.08. The number of aromatic nitrogens is 1. The largest absolute Gasteiger partial charge is 0.240 e. The first-order valence-corrected chi connectivity index (χ1v) is 8.75. The summed E-state index contributed by atoms with van der Waals surface area (Å²) in [6.07, 6.45) is 2.62. The Balaban J connectivity index is 1.97. The van der Waals surface area contributed by atoms with Crippen LogP contribution in [-0.2, 0) is 0 Å². The molecule has 0 N–H and O–H groups in total. The molecule has 1 aromatic heterocycles. The molecule has 1 unspecified atom stereocenters. The third-order valence-corrected chi connectivity index (χ3v) is 6.23. The molecular weight excluding hydrogens is 326 g/mol. The SMILES string of the molecule is Cc1sc(C2CCCS2)nc1-c1cccc(Br)c1. The Hall–Kier alpha value is -0.320. The van der Waals surface area contributed by atoms with Gasteiger partial charge in [-0.2, -0.15) is 11.8 Å². The van der Waals surface area contributed by atoms with Crippen molar-refractivity contribution in [2.24, 2.45) is 0 Å². The predicted octanol–water partition coefficient (Wildman–Crippen LogP) is 5.45. The summed E-state index contributed by atoms with van der Waals surface area (Å²) in [4.78, 5) is 6.21. The highest BCUT2D eigenvalue weighted by Crippen LogP contribution is 2.43. The third-order valence-electron chi connectivity index (χ3n) is 3.12. The highest BCUT2D eigenvalue weighted by Gasteiger charge is 2.22. The highest BCUT2D eigenvalue weighted by atomic mass is 79.9. The van der Waals surface area contributed by atoms with Crippen molar-refractivity contribution < 1.29 is 0 Å². The molecule has 0 spiro atoms. The van der Waals surface area contributed by atoms with Crippen molar-refractivity contribution >= 4 is 39.0 Å². The summed E-state index contributed by atoms with van der Waals surface area (Å²) in [5.74, 6) is 1.29. The molecule has 0 radical (unpaired) electrons. The molecule has 18 heavy (non-hydrogen) atoms. The average molecular weight is 340 g/mol. The van der Waals surface area contributed by atoms with Gasteiger partial charge in [-0.05, 0) is 37.7 Å². The van der Waals surface area contributed by atoms with E-state index in [0.717, 1.165) is 10.2 Å². The van der Waals surface area contributed by atoms with E-state index in [1.54, 1.807) is 0 Å². The lowest BCUT2D eigenvalue weighted by atomic mass is 10.1. The van der Waals surface area contributed by atoms with Crippen LogP contribution in [0.3, 0.4) is 0 Å². The Morgan fingerprint density at radius 2 is 2.28 bits per heavy atom. The first-order chi connectivity index (χ1) is 8.74. The lowest BCUT2D eigenvalue weighted by Crippen LogP contribution is -1.87. The number of aryl methyl sites for hydroxylation is 1. The Morgan fingerprint density at radius 3 is 3.00 bits per heavy atom. The molecule has 0 saturated carbocycles. The maximum Gasteiger partial charge on any atom is 0.107 e. The quantitative estimate of drug-likeness (QED) is 0.721. The second-order valence-electron chi connectivity index (χ2n) is 4.47. The van der Waals surface area contributed by atoms with Gasteiger partial charge in [-0.25, -0.2) is 4.98 Å². The van der Waals surface area contributed by atoms with E-state index >= 15 is 0 Å². The van der Waals surface area contributed by atoms with Gasteiger partial charge in [0, 0.05) is 14.9 Å². The lowest BCUT2D eigenvalue weighted by Gasteiger charge is -2.02. The Bertz CT molecular complexity index is 559. The predicted molar refractivity (Wildman–Crippen MR) is 84.4 cm³/mol. The molecule has 0 aliphatic carbocycles. The van der Waals surface area contributed by atoms with Crippen LogP contribution in [0.25, 0.3) is 11.3 Å². The zero-order chi connectivity index (χ0) is 12.5. The van der Waals surface area contributed by atoms with Crippen LogP contribution in [0.4, 0.5) is 0 Å². The molecule has 0 bridgehead atoms. The summed E-state index contributed by atoms with van der Waals surface area (Å²) in [6, 6.07) is 8.41. The van der Waals surface area contributed by atoms with Gasteiger partial charge in [0.05, 0.1) is 10.9 Å². The van der Waals surface area contributed by atoms with E-state index in [2.05, 4.69) is 58.9 Å². The molecule has 1 nitrogen and oxygen atoms in total. The first kappa shape index (κ1) is 12.7. The molecule has 1 aliphatic rings. The van der Waals surface area contributed by atoms with Crippen LogP contribution in [0, 0.1) is 6.92 Å². The molecule has 1 aliphatic heterocycles. The van der Waals surface area contributed by atoms with Crippen LogP contribution < -0.4 is 0 Å². The monoisotopic (exact) mass is 339 g/mol. The summed E-state index contributed by atoms with van der Waals surface area (Å²) < 4.78 is 1.11. The maximum atomic E-state index is 4.88. The van der Waals surface area contributed by atoms with Crippen LogP contribution in [0.15, 0.2) is 28.7 Å². The minimum absolute atomic E-state index is 0.634. The van der Waals surface area contributed by atoms with Gasteiger partial charge in [0.25, 0.3) is 0 Å². The fourth-order valence-electron chi connectivity index (χ4n) is 2.23. The van der Waals surface area contributed by atoms with Crippen LogP contribution >= 0.6 is 39.0 Å². The zero-order valence-corrected chi connectivity index (χ0v) is 13.4. The van der Waals surface area contributed by atoms with Gasteiger partial charge < -0.3 is 0 Å². The van der Waals surface area contributed by atoms with Gasteiger partial charge in [-0.3, -0.25) is 0 Å². The van der Waals surface area contributed by atoms with Crippen molar-refractivity contribution in [2.45, 2.75) is 25.0 Å². The molecule has 2 aromatic rings. The summed E-state index contributed by atoms with van der Waals surface area (Å²) in [5, 5.41) is 1.94. The van der Waals surface area contributed by atoms with Crippen molar-refractivity contribution in [3.63, 3.8) is 0 Å². The number of hydrogen-bond donors (Lipinski definition) is 0. The topological polar surface area (TPSA) is 12.9 Å². The van der Waals surface area contributed by atoms with Gasteiger partial charge in [0.1, 0.15) is 5.01 Å². The molecule has 0 amide bonds. The van der Waals surface area contributed by atoms with Gasteiger partial charge in [0.15, 0.2) is 0 Å². The van der Waals surface area contributed by atoms with Crippen molar-refractivity contribution in [2.75, 3.05) is 5.75 Å². The molecule has 1 fully saturated rings. The number of hydrogen-bond acceptors (Lipinski definition) is 3. The molecular formula is C14H14BrNS2. The van der Waals surface area contributed by atoms with E-state index in [1.165, 1.54) is 34.0 Å². The van der Waals surface area contributed by atoms with E-state index in [-0.39, 0.29) is 0 Å². The lowest BCUT2D eigenvalue weighted by molar-refractivity contribution is 0.823. The summed E-state index contributed by atoms with van der Waals surface area (Å²) in [7, 11) is 0. The molecule has 4 heteroatoms. The van der Waals surface area contributed by atoms with Crippen molar-refractivity contribution in [1.29, 1.82) is 0 Å². The van der Waals surface area contributed by atoms with Crippen molar-refractivity contribution in [1.82, 2.24) is 4.98 Å². The number of halogens is 1. The van der Waals surface area contributed by atoms with Crippen LogP contribution in [0.2, 0.25) is 0 Å². The Labute approximate surface area is 124 Å². The zero-order valence-electron chi connectivity index (χ0n) is 10.1. The summed E-state index contributed by atoms with van der Waals surface area (Å²) >= 11 is 7.45. The third kappa shape index (κ3) is 2.51. The smallest absolute Gasteiger partial charge is 0.107 e. The maximum absolute atomic E-state index is 4.88. The summed E-state index contributed by atoms with van der Waals surface area (Å²) in [6.45, 7) is 2.18. The molecule has 3 rings (SSSR count). The Morgan fingerprint density at radius 1 is 1.39 bits per heavy atom. The van der Waals surface area contributed by atoms with Crippen LogP contribution in [0.5, 0.6) is 0 Å². The number of rotatable bonds is 2. The van der Waals surface area contributed by atoms with Gasteiger partial charge in [0.2, 0.25) is 0 Å². The second-order valence-corrected chi connectivity index (χ2v) is 7.93. The molecule has 1 aromatic carbocycles. The standard InChI is InChI=1S/C14H14BrNS2/c1-9-13(10-4-2-5-11(15)8-10)16-14(18-9)12-6-3-7-17-12/h2,4-5,8,12H,3,6-7H2,1H3. The van der Waals surface area contributed by atoms with Crippen molar-refractivity contribution in [3.05, 3.63) is 38.6 Å². The molecule has 1 saturated heterocycles. The fraction of sp³-hybridized carbons (Fsp3) is 0.357. The molecule has 2 heterocycles. The summed E-state index contributed by atoms with van der Waals surface area (Å²) in [5.41, 5.74) is 2.37. The normalized spacial score (nSPS) is 19.3. The van der Waals surface area contributed by atoms with Crippen LogP contribution in [-0.4, -0.2) is 10.7 Å². The minimum Gasteiger partial charge on any atom is -0.240 e. The van der Waals surface area contributed by atoms with Gasteiger partial charge >= 0.3 is 0 Å². The van der Waals surface area contributed by atoms with E-state index in [0.29, 0.717) is 5.25 Å². The highest BCUT2D eigenvalue weighted by molar-refractivity contribution is 9.10. The number of thiazole rings is 1. The van der Waals surface area contributed by atoms with E-state index in [1.807, 2.05) is 11.3 Å². The van der Waals surface area contributed by atoms with Crippen molar-refractivity contribution in [3.8, 4) is 11.3 Å². The van der Waals surface area contributed by atoms with Crippen LogP contribution in [0.1, 0.15) is 28.0 Å². The van der Waals surface area contributed by atoms with E-state index < -0.39 is 0 Å². The van der Waals surface area contributed by atoms with E-state index in [9.17, 15) is 0 Å². The number of nitrogens with zero attached hydrogens (tertiary/aromatic N) is 1. The minimum atomic E-state index is 0.634. The van der Waals surface area contributed by atoms with Gasteiger partial charge in [-0.15, -0.1) is 11.3 Å². The van der Waals surface area contributed by atoms with Gasteiger partial charge in [-0.1, -0.05) is 28.1 Å². The number of benzene rings is 1.